The van der Waals surface area contributed by atoms with E-state index < -0.39 is 0 Å². The first-order valence-corrected chi connectivity index (χ1v) is 5.85. The Morgan fingerprint density at radius 1 is 1.33 bits per heavy atom. The van der Waals surface area contributed by atoms with Gasteiger partial charge in [0.1, 0.15) is 0 Å². The summed E-state index contributed by atoms with van der Waals surface area (Å²) in [4.78, 5) is 15.9. The standard InChI is InChI=1S/C11H20N2O2/c1-12-7-5-10(11(12)15)13-6-3-2-4-9(13)8-14/h9-10,14H,2-8H2,1H3. The fraction of sp³-hybridized carbons (Fsp3) is 0.909. The van der Waals surface area contributed by atoms with E-state index in [9.17, 15) is 9.90 Å². The van der Waals surface area contributed by atoms with Crippen LogP contribution in [-0.2, 0) is 4.79 Å². The van der Waals surface area contributed by atoms with Crippen molar-refractivity contribution < 1.29 is 9.90 Å². The molecule has 0 spiro atoms. The zero-order chi connectivity index (χ0) is 10.8. The second-order valence-corrected chi connectivity index (χ2v) is 4.63. The number of rotatable bonds is 2. The van der Waals surface area contributed by atoms with Crippen LogP contribution in [0.3, 0.4) is 0 Å². The van der Waals surface area contributed by atoms with E-state index in [0.717, 1.165) is 32.4 Å². The Balaban J connectivity index is 2.04. The summed E-state index contributed by atoms with van der Waals surface area (Å²) in [6.07, 6.45) is 4.29. The minimum Gasteiger partial charge on any atom is -0.395 e. The van der Waals surface area contributed by atoms with Crippen molar-refractivity contribution in [2.24, 2.45) is 0 Å². The molecule has 2 fully saturated rings. The molecule has 2 atom stereocenters. The lowest BCUT2D eigenvalue weighted by molar-refractivity contribution is -0.132. The maximum atomic E-state index is 11.9. The van der Waals surface area contributed by atoms with E-state index in [-0.39, 0.29) is 24.6 Å². The van der Waals surface area contributed by atoms with Gasteiger partial charge in [-0.1, -0.05) is 6.42 Å². The molecule has 2 unspecified atom stereocenters. The van der Waals surface area contributed by atoms with Gasteiger partial charge >= 0.3 is 0 Å². The number of likely N-dealkylation sites (N-methyl/N-ethyl adjacent to an activating group) is 1. The molecule has 2 aliphatic rings. The molecule has 4 heteroatoms. The summed E-state index contributed by atoms with van der Waals surface area (Å²) in [7, 11) is 1.86. The van der Waals surface area contributed by atoms with Crippen molar-refractivity contribution in [1.29, 1.82) is 0 Å². The zero-order valence-corrected chi connectivity index (χ0v) is 9.35. The Kier molecular flexibility index (Phi) is 3.26. The number of likely N-dealkylation sites (tertiary alicyclic amines) is 2. The predicted molar refractivity (Wildman–Crippen MR) is 57.5 cm³/mol. The van der Waals surface area contributed by atoms with Crippen LogP contribution in [0.5, 0.6) is 0 Å². The van der Waals surface area contributed by atoms with E-state index in [1.54, 1.807) is 4.90 Å². The van der Waals surface area contributed by atoms with Gasteiger partial charge < -0.3 is 10.0 Å². The van der Waals surface area contributed by atoms with Crippen molar-refractivity contribution in [3.05, 3.63) is 0 Å². The number of hydrogen-bond donors (Lipinski definition) is 1. The van der Waals surface area contributed by atoms with Crippen LogP contribution in [0.1, 0.15) is 25.7 Å². The van der Waals surface area contributed by atoms with E-state index in [2.05, 4.69) is 4.90 Å². The lowest BCUT2D eigenvalue weighted by Gasteiger charge is -2.37. The minimum atomic E-state index is 0.0347. The highest BCUT2D eigenvalue weighted by Gasteiger charge is 2.37. The van der Waals surface area contributed by atoms with Gasteiger partial charge in [0.25, 0.3) is 0 Å². The summed E-state index contributed by atoms with van der Waals surface area (Å²) in [6, 6.07) is 0.242. The summed E-state index contributed by atoms with van der Waals surface area (Å²) in [5.74, 6) is 0.232. The number of amides is 1. The van der Waals surface area contributed by atoms with Crippen LogP contribution in [0.4, 0.5) is 0 Å². The number of aliphatic hydroxyl groups is 1. The largest absolute Gasteiger partial charge is 0.395 e. The minimum absolute atomic E-state index is 0.0347. The third-order valence-corrected chi connectivity index (χ3v) is 3.68. The van der Waals surface area contributed by atoms with Crippen molar-refractivity contribution in [3.8, 4) is 0 Å². The molecule has 0 aliphatic carbocycles. The number of aliphatic hydroxyl groups excluding tert-OH is 1. The predicted octanol–water partition coefficient (Wildman–Crippen LogP) is 0.0639. The number of piperidine rings is 1. The number of carbonyl (C=O) groups is 1. The Bertz CT molecular complexity index is 245. The Morgan fingerprint density at radius 3 is 2.73 bits per heavy atom. The molecule has 2 aliphatic heterocycles. The van der Waals surface area contributed by atoms with Gasteiger partial charge in [0.15, 0.2) is 0 Å². The summed E-state index contributed by atoms with van der Waals surface area (Å²) in [6.45, 7) is 2.01. The molecule has 0 aromatic heterocycles. The smallest absolute Gasteiger partial charge is 0.239 e. The topological polar surface area (TPSA) is 43.8 Å². The highest BCUT2D eigenvalue weighted by atomic mass is 16.3. The maximum absolute atomic E-state index is 11.9. The van der Waals surface area contributed by atoms with Crippen LogP contribution < -0.4 is 0 Å². The SMILES string of the molecule is CN1CCC(N2CCCCC2CO)C1=O. The molecule has 2 rings (SSSR count). The second-order valence-electron chi connectivity index (χ2n) is 4.63. The Hall–Kier alpha value is -0.610. The molecule has 1 N–H and O–H groups in total. The Labute approximate surface area is 90.9 Å². The molecule has 2 saturated heterocycles. The molecule has 0 saturated carbocycles. The molecule has 2 heterocycles. The van der Waals surface area contributed by atoms with E-state index >= 15 is 0 Å². The molecular formula is C11H20N2O2. The average Bonchev–Trinajstić information content (AvgIpc) is 2.60. The van der Waals surface area contributed by atoms with E-state index in [0.29, 0.717) is 0 Å². The molecule has 4 nitrogen and oxygen atoms in total. The average molecular weight is 212 g/mol. The van der Waals surface area contributed by atoms with Crippen LogP contribution >= 0.6 is 0 Å². The van der Waals surface area contributed by atoms with E-state index in [1.807, 2.05) is 7.05 Å². The van der Waals surface area contributed by atoms with Crippen LogP contribution in [-0.4, -0.2) is 59.6 Å². The first-order valence-electron chi connectivity index (χ1n) is 5.85. The fourth-order valence-electron chi connectivity index (χ4n) is 2.74. The van der Waals surface area contributed by atoms with Crippen molar-refractivity contribution >= 4 is 5.91 Å². The number of hydrogen-bond acceptors (Lipinski definition) is 3. The van der Waals surface area contributed by atoms with Gasteiger partial charge in [-0.05, 0) is 25.8 Å². The van der Waals surface area contributed by atoms with E-state index in [4.69, 9.17) is 0 Å². The van der Waals surface area contributed by atoms with Gasteiger partial charge in [0.2, 0.25) is 5.91 Å². The van der Waals surface area contributed by atoms with Crippen molar-refractivity contribution in [2.45, 2.75) is 37.8 Å². The van der Waals surface area contributed by atoms with Gasteiger partial charge in [0.05, 0.1) is 12.6 Å². The molecular weight excluding hydrogens is 192 g/mol. The third kappa shape index (κ3) is 2.01. The van der Waals surface area contributed by atoms with Gasteiger partial charge in [0, 0.05) is 19.6 Å². The van der Waals surface area contributed by atoms with Crippen molar-refractivity contribution in [1.82, 2.24) is 9.80 Å². The van der Waals surface area contributed by atoms with E-state index in [1.165, 1.54) is 6.42 Å². The van der Waals surface area contributed by atoms with Crippen LogP contribution in [0.25, 0.3) is 0 Å². The summed E-state index contributed by atoms with van der Waals surface area (Å²) >= 11 is 0. The zero-order valence-electron chi connectivity index (χ0n) is 9.35. The molecule has 0 aromatic carbocycles. The van der Waals surface area contributed by atoms with Gasteiger partial charge in [-0.15, -0.1) is 0 Å². The Morgan fingerprint density at radius 2 is 2.13 bits per heavy atom. The lowest BCUT2D eigenvalue weighted by atomic mass is 10.00. The van der Waals surface area contributed by atoms with Crippen molar-refractivity contribution in [2.75, 3.05) is 26.7 Å². The van der Waals surface area contributed by atoms with Crippen LogP contribution in [0.15, 0.2) is 0 Å². The highest BCUT2D eigenvalue weighted by molar-refractivity contribution is 5.83. The summed E-state index contributed by atoms with van der Waals surface area (Å²) in [5, 5.41) is 9.31. The molecule has 0 aromatic rings. The normalized spacial score (nSPS) is 33.7. The summed E-state index contributed by atoms with van der Waals surface area (Å²) in [5.41, 5.74) is 0. The van der Waals surface area contributed by atoms with Gasteiger partial charge in [-0.3, -0.25) is 9.69 Å². The second kappa shape index (κ2) is 4.49. The maximum Gasteiger partial charge on any atom is 0.239 e. The van der Waals surface area contributed by atoms with Gasteiger partial charge in [-0.25, -0.2) is 0 Å². The van der Waals surface area contributed by atoms with Crippen molar-refractivity contribution in [3.63, 3.8) is 0 Å². The molecule has 0 bridgehead atoms. The lowest BCUT2D eigenvalue weighted by Crippen LogP contribution is -2.50. The molecule has 86 valence electrons. The fourth-order valence-corrected chi connectivity index (χ4v) is 2.74. The first-order chi connectivity index (χ1) is 7.24. The van der Waals surface area contributed by atoms with Crippen LogP contribution in [0, 0.1) is 0 Å². The third-order valence-electron chi connectivity index (χ3n) is 3.68. The number of carbonyl (C=O) groups excluding carboxylic acids is 1. The molecule has 1 amide bonds. The first kappa shape index (κ1) is 10.9. The molecule has 15 heavy (non-hydrogen) atoms. The quantitative estimate of drug-likeness (QED) is 0.704. The van der Waals surface area contributed by atoms with Crippen LogP contribution in [0.2, 0.25) is 0 Å². The monoisotopic (exact) mass is 212 g/mol. The molecule has 0 radical (unpaired) electrons. The number of nitrogens with zero attached hydrogens (tertiary/aromatic N) is 2. The summed E-state index contributed by atoms with van der Waals surface area (Å²) < 4.78 is 0. The van der Waals surface area contributed by atoms with Gasteiger partial charge in [-0.2, -0.15) is 0 Å². The highest BCUT2D eigenvalue weighted by Crippen LogP contribution is 2.24.